The number of aryl methyl sites for hydroxylation is 1. The molecule has 0 bridgehead atoms. The monoisotopic (exact) mass is 274 g/mol. The van der Waals surface area contributed by atoms with Crippen molar-refractivity contribution >= 4 is 11.6 Å². The molecule has 6 heteroatoms. The van der Waals surface area contributed by atoms with Crippen LogP contribution in [0.1, 0.15) is 25.1 Å². The summed E-state index contributed by atoms with van der Waals surface area (Å²) >= 11 is 0. The van der Waals surface area contributed by atoms with Crippen molar-refractivity contribution in [3.63, 3.8) is 0 Å². The van der Waals surface area contributed by atoms with Crippen LogP contribution in [0.25, 0.3) is 5.65 Å². The second-order valence-electron chi connectivity index (χ2n) is 4.94. The Morgan fingerprint density at radius 3 is 3.25 bits per heavy atom. The first-order chi connectivity index (χ1) is 9.84. The predicted molar refractivity (Wildman–Crippen MR) is 73.3 cm³/mol. The fourth-order valence-corrected chi connectivity index (χ4v) is 2.42. The summed E-state index contributed by atoms with van der Waals surface area (Å²) in [4.78, 5) is 11.7. The van der Waals surface area contributed by atoms with Gasteiger partial charge in [0.15, 0.2) is 5.65 Å². The van der Waals surface area contributed by atoms with E-state index in [0.29, 0.717) is 13.2 Å². The molecule has 1 unspecified atom stereocenters. The predicted octanol–water partition coefficient (Wildman–Crippen LogP) is 0.957. The Hall–Kier alpha value is -1.95. The molecule has 106 valence electrons. The quantitative estimate of drug-likeness (QED) is 0.824. The van der Waals surface area contributed by atoms with Gasteiger partial charge in [-0.1, -0.05) is 6.07 Å². The van der Waals surface area contributed by atoms with E-state index in [1.165, 1.54) is 0 Å². The summed E-state index contributed by atoms with van der Waals surface area (Å²) in [5, 5.41) is 11.2. The molecule has 20 heavy (non-hydrogen) atoms. The number of carbonyl (C=O) groups is 1. The van der Waals surface area contributed by atoms with Gasteiger partial charge in [0, 0.05) is 25.8 Å². The van der Waals surface area contributed by atoms with E-state index in [2.05, 4.69) is 15.5 Å². The first-order valence-corrected chi connectivity index (χ1v) is 7.02. The van der Waals surface area contributed by atoms with E-state index < -0.39 is 0 Å². The van der Waals surface area contributed by atoms with Gasteiger partial charge in [-0.05, 0) is 31.4 Å². The molecular formula is C14H18N4O2. The van der Waals surface area contributed by atoms with Gasteiger partial charge in [-0.25, -0.2) is 0 Å². The van der Waals surface area contributed by atoms with E-state index in [0.717, 1.165) is 37.2 Å². The minimum absolute atomic E-state index is 0.00796. The molecule has 0 saturated carbocycles. The standard InChI is InChI=1S/C14H18N4O2/c19-14(11-5-4-10-20-11)15-8-3-7-13-17-16-12-6-1-2-9-18(12)13/h1-2,6,9,11H,3-5,7-8,10H2,(H,15,19). The van der Waals surface area contributed by atoms with Gasteiger partial charge in [-0.2, -0.15) is 0 Å². The van der Waals surface area contributed by atoms with Gasteiger partial charge in [0.1, 0.15) is 11.9 Å². The highest BCUT2D eigenvalue weighted by Crippen LogP contribution is 2.11. The Kier molecular flexibility index (Phi) is 3.92. The van der Waals surface area contributed by atoms with E-state index in [-0.39, 0.29) is 12.0 Å². The topological polar surface area (TPSA) is 68.5 Å². The zero-order valence-electron chi connectivity index (χ0n) is 11.3. The van der Waals surface area contributed by atoms with Crippen molar-refractivity contribution in [3.05, 3.63) is 30.2 Å². The van der Waals surface area contributed by atoms with Gasteiger partial charge in [-0.15, -0.1) is 10.2 Å². The van der Waals surface area contributed by atoms with Crippen LogP contribution < -0.4 is 5.32 Å². The number of nitrogens with zero attached hydrogens (tertiary/aromatic N) is 3. The Morgan fingerprint density at radius 2 is 2.40 bits per heavy atom. The fourth-order valence-electron chi connectivity index (χ4n) is 2.42. The maximum absolute atomic E-state index is 11.7. The normalized spacial score (nSPS) is 18.5. The molecule has 1 saturated heterocycles. The molecule has 0 spiro atoms. The van der Waals surface area contributed by atoms with Gasteiger partial charge < -0.3 is 10.1 Å². The summed E-state index contributed by atoms with van der Waals surface area (Å²) < 4.78 is 7.31. The molecule has 6 nitrogen and oxygen atoms in total. The van der Waals surface area contributed by atoms with Crippen LogP contribution >= 0.6 is 0 Å². The summed E-state index contributed by atoms with van der Waals surface area (Å²) in [6.45, 7) is 1.34. The number of aromatic nitrogens is 3. The van der Waals surface area contributed by atoms with Crippen LogP contribution in [0.4, 0.5) is 0 Å². The lowest BCUT2D eigenvalue weighted by Crippen LogP contribution is -2.34. The van der Waals surface area contributed by atoms with Gasteiger partial charge in [0.25, 0.3) is 0 Å². The van der Waals surface area contributed by atoms with E-state index >= 15 is 0 Å². The second kappa shape index (κ2) is 6.00. The van der Waals surface area contributed by atoms with Crippen molar-refractivity contribution in [2.75, 3.05) is 13.2 Å². The van der Waals surface area contributed by atoms with Crippen LogP contribution in [-0.2, 0) is 16.0 Å². The molecule has 0 radical (unpaired) electrons. The number of amides is 1. The maximum Gasteiger partial charge on any atom is 0.249 e. The third kappa shape index (κ3) is 2.80. The summed E-state index contributed by atoms with van der Waals surface area (Å²) in [7, 11) is 0. The molecule has 2 aromatic rings. The second-order valence-corrected chi connectivity index (χ2v) is 4.94. The van der Waals surface area contributed by atoms with Crippen molar-refractivity contribution in [2.45, 2.75) is 31.8 Å². The highest BCUT2D eigenvalue weighted by atomic mass is 16.5. The number of rotatable bonds is 5. The summed E-state index contributed by atoms with van der Waals surface area (Å²) in [5.41, 5.74) is 0.853. The molecule has 1 aliphatic rings. The minimum Gasteiger partial charge on any atom is -0.368 e. The molecule has 2 aromatic heterocycles. The molecule has 0 aromatic carbocycles. The van der Waals surface area contributed by atoms with Crippen molar-refractivity contribution in [3.8, 4) is 0 Å². The third-order valence-electron chi connectivity index (χ3n) is 3.48. The van der Waals surface area contributed by atoms with Crippen LogP contribution in [0.15, 0.2) is 24.4 Å². The fraction of sp³-hybridized carbons (Fsp3) is 0.500. The number of pyridine rings is 1. The molecule has 1 fully saturated rings. The smallest absolute Gasteiger partial charge is 0.249 e. The lowest BCUT2D eigenvalue weighted by Gasteiger charge is -2.09. The van der Waals surface area contributed by atoms with E-state index in [9.17, 15) is 4.79 Å². The minimum atomic E-state index is -0.246. The van der Waals surface area contributed by atoms with Gasteiger partial charge >= 0.3 is 0 Å². The number of carbonyl (C=O) groups excluding carboxylic acids is 1. The van der Waals surface area contributed by atoms with Crippen LogP contribution in [0.3, 0.4) is 0 Å². The third-order valence-corrected chi connectivity index (χ3v) is 3.48. The van der Waals surface area contributed by atoms with E-state index in [4.69, 9.17) is 4.74 Å². The molecule has 3 heterocycles. The molecule has 0 aliphatic carbocycles. The van der Waals surface area contributed by atoms with Gasteiger partial charge in [0.05, 0.1) is 0 Å². The lowest BCUT2D eigenvalue weighted by atomic mass is 10.2. The molecule has 3 rings (SSSR count). The molecule has 1 N–H and O–H groups in total. The first kappa shape index (κ1) is 13.1. The number of nitrogens with one attached hydrogen (secondary N) is 1. The zero-order valence-corrected chi connectivity index (χ0v) is 11.3. The largest absolute Gasteiger partial charge is 0.368 e. The van der Waals surface area contributed by atoms with Crippen molar-refractivity contribution < 1.29 is 9.53 Å². The van der Waals surface area contributed by atoms with Crippen LogP contribution in [0, 0.1) is 0 Å². The van der Waals surface area contributed by atoms with Crippen LogP contribution in [0.5, 0.6) is 0 Å². The lowest BCUT2D eigenvalue weighted by molar-refractivity contribution is -0.130. The Bertz CT molecular complexity index is 590. The Morgan fingerprint density at radius 1 is 1.45 bits per heavy atom. The number of hydrogen-bond donors (Lipinski definition) is 1. The van der Waals surface area contributed by atoms with Gasteiger partial charge in [-0.3, -0.25) is 9.20 Å². The van der Waals surface area contributed by atoms with Crippen LogP contribution in [-0.4, -0.2) is 39.8 Å². The Balaban J connectivity index is 1.47. The summed E-state index contributed by atoms with van der Waals surface area (Å²) in [5.74, 6) is 0.931. The highest BCUT2D eigenvalue weighted by molar-refractivity contribution is 5.80. The van der Waals surface area contributed by atoms with Crippen molar-refractivity contribution in [1.29, 1.82) is 0 Å². The van der Waals surface area contributed by atoms with E-state index in [1.54, 1.807) is 0 Å². The highest BCUT2D eigenvalue weighted by Gasteiger charge is 2.22. The Labute approximate surface area is 117 Å². The summed E-state index contributed by atoms with van der Waals surface area (Å²) in [6.07, 6.45) is 5.15. The average Bonchev–Trinajstić information content (AvgIpc) is 3.13. The molecule has 1 aliphatic heterocycles. The van der Waals surface area contributed by atoms with Gasteiger partial charge in [0.2, 0.25) is 5.91 Å². The van der Waals surface area contributed by atoms with Crippen LogP contribution in [0.2, 0.25) is 0 Å². The molecule has 1 atom stereocenters. The zero-order chi connectivity index (χ0) is 13.8. The maximum atomic E-state index is 11.7. The number of fused-ring (bicyclic) bond motifs is 1. The summed E-state index contributed by atoms with van der Waals surface area (Å²) in [6, 6.07) is 5.82. The first-order valence-electron chi connectivity index (χ1n) is 7.02. The SMILES string of the molecule is O=C(NCCCc1nnc2ccccn12)C1CCCO1. The molecular weight excluding hydrogens is 256 g/mol. The average molecular weight is 274 g/mol. The van der Waals surface area contributed by atoms with E-state index in [1.807, 2.05) is 28.8 Å². The molecule has 1 amide bonds. The number of ether oxygens (including phenoxy) is 1. The number of hydrogen-bond acceptors (Lipinski definition) is 4. The van der Waals surface area contributed by atoms with Crippen molar-refractivity contribution in [1.82, 2.24) is 19.9 Å². The van der Waals surface area contributed by atoms with Crippen molar-refractivity contribution in [2.24, 2.45) is 0 Å².